The Hall–Kier alpha value is -4.17. The summed E-state index contributed by atoms with van der Waals surface area (Å²) in [5, 5.41) is 18.9. The average molecular weight is 476 g/mol. The first kappa shape index (κ1) is 21.7. The highest BCUT2D eigenvalue weighted by atomic mass is 35.5. The van der Waals surface area contributed by atoms with Crippen LogP contribution < -0.4 is 9.47 Å². The molecule has 5 rings (SSSR count). The van der Waals surface area contributed by atoms with E-state index in [9.17, 15) is 14.9 Å². The minimum Gasteiger partial charge on any atom is -0.489 e. The number of esters is 1. The average Bonchev–Trinajstić information content (AvgIpc) is 3.27. The molecule has 4 aromatic rings. The number of ether oxygens (including phenoxy) is 2. The molecule has 1 unspecified atom stereocenters. The van der Waals surface area contributed by atoms with Crippen molar-refractivity contribution in [3.8, 4) is 22.9 Å². The highest BCUT2D eigenvalue weighted by molar-refractivity contribution is 6.31. The maximum atomic E-state index is 12.3. The lowest BCUT2D eigenvalue weighted by Crippen LogP contribution is -2.20. The van der Waals surface area contributed by atoms with Gasteiger partial charge in [-0.1, -0.05) is 54.1 Å². The zero-order chi connectivity index (χ0) is 23.7. The molecule has 1 aliphatic heterocycles. The lowest BCUT2D eigenvalue weighted by atomic mass is 9.85. The Bertz CT molecular complexity index is 1380. The van der Waals surface area contributed by atoms with Crippen molar-refractivity contribution in [1.29, 1.82) is 0 Å². The summed E-state index contributed by atoms with van der Waals surface area (Å²) in [5.74, 6) is 0.116. The molecule has 170 valence electrons. The van der Waals surface area contributed by atoms with Crippen LogP contribution in [0, 0.1) is 10.1 Å². The van der Waals surface area contributed by atoms with E-state index >= 15 is 0 Å². The number of carbonyl (C=O) groups is 1. The summed E-state index contributed by atoms with van der Waals surface area (Å²) in [6, 6.07) is 21.2. The Morgan fingerprint density at radius 1 is 1.12 bits per heavy atom. The third-order valence-electron chi connectivity index (χ3n) is 5.68. The Morgan fingerprint density at radius 3 is 2.68 bits per heavy atom. The van der Waals surface area contributed by atoms with Gasteiger partial charge in [-0.25, -0.2) is 0 Å². The number of fused-ring (bicyclic) bond motifs is 1. The lowest BCUT2D eigenvalue weighted by Gasteiger charge is -2.22. The number of benzene rings is 3. The number of aromatic nitrogens is 2. The first-order valence-electron chi connectivity index (χ1n) is 10.5. The van der Waals surface area contributed by atoms with Crippen LogP contribution in [-0.4, -0.2) is 21.1 Å². The quantitative estimate of drug-likeness (QED) is 0.219. The summed E-state index contributed by atoms with van der Waals surface area (Å²) in [4.78, 5) is 23.0. The zero-order valence-corrected chi connectivity index (χ0v) is 18.5. The van der Waals surface area contributed by atoms with E-state index in [0.29, 0.717) is 34.2 Å². The van der Waals surface area contributed by atoms with E-state index < -0.39 is 10.9 Å². The molecule has 8 nitrogen and oxygen atoms in total. The van der Waals surface area contributed by atoms with Crippen LogP contribution in [0.2, 0.25) is 5.02 Å². The molecular formula is C25H18ClN3O5. The van der Waals surface area contributed by atoms with E-state index in [-0.39, 0.29) is 23.9 Å². The fourth-order valence-electron chi connectivity index (χ4n) is 4.01. The molecule has 0 spiro atoms. The molecule has 0 aliphatic carbocycles. The Balaban J connectivity index is 1.44. The summed E-state index contributed by atoms with van der Waals surface area (Å²) in [7, 11) is 0. The summed E-state index contributed by atoms with van der Waals surface area (Å²) in [5.41, 5.74) is 3.57. The molecule has 1 aliphatic rings. The lowest BCUT2D eigenvalue weighted by molar-refractivity contribution is -0.384. The number of rotatable bonds is 6. The van der Waals surface area contributed by atoms with Gasteiger partial charge in [0.2, 0.25) is 5.88 Å². The van der Waals surface area contributed by atoms with E-state index in [1.165, 1.54) is 12.1 Å². The fourth-order valence-corrected chi connectivity index (χ4v) is 4.20. The third-order valence-corrected chi connectivity index (χ3v) is 6.05. The minimum absolute atomic E-state index is 0.0368. The normalized spacial score (nSPS) is 14.9. The van der Waals surface area contributed by atoms with Crippen LogP contribution in [0.1, 0.15) is 29.0 Å². The topological polar surface area (TPSA) is 107 Å². The van der Waals surface area contributed by atoms with Gasteiger partial charge in [0.1, 0.15) is 12.4 Å². The van der Waals surface area contributed by atoms with Gasteiger partial charge in [-0.05, 0) is 23.8 Å². The zero-order valence-electron chi connectivity index (χ0n) is 17.7. The van der Waals surface area contributed by atoms with E-state index in [2.05, 4.69) is 10.2 Å². The molecule has 3 aromatic carbocycles. The molecule has 1 N–H and O–H groups in total. The van der Waals surface area contributed by atoms with Gasteiger partial charge in [-0.2, -0.15) is 0 Å². The van der Waals surface area contributed by atoms with Crippen molar-refractivity contribution >= 4 is 23.3 Å². The van der Waals surface area contributed by atoms with E-state index in [0.717, 1.165) is 11.1 Å². The molecule has 0 bridgehead atoms. The first-order valence-corrected chi connectivity index (χ1v) is 10.9. The number of nitrogens with one attached hydrogen (secondary N) is 1. The largest absolute Gasteiger partial charge is 0.489 e. The predicted octanol–water partition coefficient (Wildman–Crippen LogP) is 5.66. The third kappa shape index (κ3) is 4.23. The van der Waals surface area contributed by atoms with Crippen LogP contribution in [0.25, 0.3) is 11.3 Å². The van der Waals surface area contributed by atoms with Crippen LogP contribution >= 0.6 is 11.6 Å². The van der Waals surface area contributed by atoms with Gasteiger partial charge in [-0.3, -0.25) is 20.0 Å². The molecule has 0 amide bonds. The van der Waals surface area contributed by atoms with E-state index in [4.69, 9.17) is 21.1 Å². The second kappa shape index (κ2) is 8.99. The number of H-pyrrole nitrogens is 1. The maximum Gasteiger partial charge on any atom is 0.313 e. The molecule has 1 aromatic heterocycles. The van der Waals surface area contributed by atoms with Gasteiger partial charge in [0.25, 0.3) is 5.69 Å². The molecule has 9 heteroatoms. The van der Waals surface area contributed by atoms with Crippen molar-refractivity contribution in [3.05, 3.63) is 105 Å². The summed E-state index contributed by atoms with van der Waals surface area (Å²) in [6.07, 6.45) is 0.119. The molecular weight excluding hydrogens is 458 g/mol. The highest BCUT2D eigenvalue weighted by Gasteiger charge is 2.34. The molecule has 0 saturated heterocycles. The number of non-ortho nitro benzene ring substituents is 1. The Kier molecular flexibility index (Phi) is 5.73. The Labute approximate surface area is 199 Å². The maximum absolute atomic E-state index is 12.3. The number of halogens is 1. The van der Waals surface area contributed by atoms with Crippen LogP contribution in [0.15, 0.2) is 72.8 Å². The number of nitro benzene ring substituents is 1. The number of aromatic amines is 1. The standard InChI is InChI=1S/C25H18ClN3O5/c26-21-7-2-1-4-17(21)14-33-19-10-8-15(9-11-19)20-13-22(30)34-25-23(20)24(27-28-25)16-5-3-6-18(12-16)29(31)32/h1-12,20H,13-14H2,(H,27,28). The van der Waals surface area contributed by atoms with Crippen molar-refractivity contribution in [1.82, 2.24) is 10.2 Å². The van der Waals surface area contributed by atoms with Crippen LogP contribution in [0.5, 0.6) is 11.6 Å². The molecule has 0 saturated carbocycles. The first-order chi connectivity index (χ1) is 16.5. The predicted molar refractivity (Wildman–Crippen MR) is 125 cm³/mol. The SMILES string of the molecule is O=C1CC(c2ccc(OCc3ccccc3Cl)cc2)c2c(n[nH]c2-c2cccc([N+](=O)[O-])c2)O1. The van der Waals surface area contributed by atoms with Gasteiger partial charge in [0.05, 0.1) is 22.6 Å². The van der Waals surface area contributed by atoms with Crippen molar-refractivity contribution in [3.63, 3.8) is 0 Å². The summed E-state index contributed by atoms with van der Waals surface area (Å²) >= 11 is 6.19. The number of hydrogen-bond donors (Lipinski definition) is 1. The number of nitrogens with zero attached hydrogens (tertiary/aromatic N) is 2. The van der Waals surface area contributed by atoms with Crippen molar-refractivity contribution in [2.75, 3.05) is 0 Å². The van der Waals surface area contributed by atoms with Crippen LogP contribution in [0.3, 0.4) is 0 Å². The second-order valence-corrected chi connectivity index (χ2v) is 8.21. The van der Waals surface area contributed by atoms with Crippen molar-refractivity contribution in [2.45, 2.75) is 18.9 Å². The van der Waals surface area contributed by atoms with Gasteiger partial charge in [0, 0.05) is 34.2 Å². The van der Waals surface area contributed by atoms with Gasteiger partial charge < -0.3 is 9.47 Å². The second-order valence-electron chi connectivity index (χ2n) is 7.80. The van der Waals surface area contributed by atoms with E-state index in [1.807, 2.05) is 48.5 Å². The monoisotopic (exact) mass is 475 g/mol. The molecule has 0 fully saturated rings. The van der Waals surface area contributed by atoms with E-state index in [1.54, 1.807) is 12.1 Å². The smallest absolute Gasteiger partial charge is 0.313 e. The van der Waals surface area contributed by atoms with Crippen LogP contribution in [0.4, 0.5) is 5.69 Å². The summed E-state index contributed by atoms with van der Waals surface area (Å²) < 4.78 is 11.2. The van der Waals surface area contributed by atoms with Crippen LogP contribution in [-0.2, 0) is 11.4 Å². The summed E-state index contributed by atoms with van der Waals surface area (Å²) in [6.45, 7) is 0.331. The fraction of sp³-hybridized carbons (Fsp3) is 0.120. The Morgan fingerprint density at radius 2 is 1.91 bits per heavy atom. The molecule has 2 heterocycles. The van der Waals surface area contributed by atoms with Gasteiger partial charge in [-0.15, -0.1) is 5.10 Å². The molecule has 1 atom stereocenters. The molecule has 0 radical (unpaired) electrons. The number of carbonyl (C=O) groups excluding carboxylic acids is 1. The van der Waals surface area contributed by atoms with Crippen molar-refractivity contribution < 1.29 is 19.2 Å². The minimum atomic E-state index is -0.453. The van der Waals surface area contributed by atoms with Crippen molar-refractivity contribution in [2.24, 2.45) is 0 Å². The number of hydrogen-bond acceptors (Lipinski definition) is 6. The molecule has 34 heavy (non-hydrogen) atoms. The number of nitro groups is 1. The van der Waals surface area contributed by atoms with Gasteiger partial charge in [0.15, 0.2) is 0 Å². The highest BCUT2D eigenvalue weighted by Crippen LogP contribution is 2.43. The van der Waals surface area contributed by atoms with Gasteiger partial charge >= 0.3 is 5.97 Å².